The van der Waals surface area contributed by atoms with Crippen molar-refractivity contribution in [2.24, 2.45) is 0 Å². The van der Waals surface area contributed by atoms with Crippen molar-refractivity contribution in [3.05, 3.63) is 27.4 Å². The lowest BCUT2D eigenvalue weighted by Crippen LogP contribution is -2.06. The number of alkyl halides is 2. The quantitative estimate of drug-likeness (QED) is 0.482. The smallest absolute Gasteiger partial charge is 0.358 e. The molecule has 1 aromatic heterocycles. The average Bonchev–Trinajstić information content (AvgIpc) is 2.14. The molecule has 0 bridgehead atoms. The van der Waals surface area contributed by atoms with Gasteiger partial charge < -0.3 is 10.1 Å². The zero-order valence-corrected chi connectivity index (χ0v) is 9.80. The fourth-order valence-electron chi connectivity index (χ4n) is 1.12. The predicted molar refractivity (Wildman–Crippen MR) is 53.6 cm³/mol. The van der Waals surface area contributed by atoms with E-state index in [4.69, 9.17) is 10.7 Å². The summed E-state index contributed by atoms with van der Waals surface area (Å²) >= 11 is 0. The van der Waals surface area contributed by atoms with E-state index in [0.717, 1.165) is 6.92 Å². The van der Waals surface area contributed by atoms with Gasteiger partial charge in [0, 0.05) is 16.2 Å². The molecule has 0 aromatic carbocycles. The molecule has 10 heteroatoms. The van der Waals surface area contributed by atoms with E-state index in [1.807, 2.05) is 0 Å². The van der Waals surface area contributed by atoms with Gasteiger partial charge in [-0.05, 0) is 22.9 Å². The highest BCUT2D eigenvalue weighted by Gasteiger charge is 2.31. The monoisotopic (exact) mass is 286 g/mol. The number of rotatable bonds is 3. The van der Waals surface area contributed by atoms with E-state index in [0.29, 0.717) is 6.07 Å². The van der Waals surface area contributed by atoms with Crippen molar-refractivity contribution in [3.8, 4) is 0 Å². The Hall–Kier alpha value is -1.35. The molecule has 0 aliphatic heterocycles. The summed E-state index contributed by atoms with van der Waals surface area (Å²) in [5.41, 5.74) is -1.04. The van der Waals surface area contributed by atoms with Gasteiger partial charge in [-0.25, -0.2) is 17.2 Å². The van der Waals surface area contributed by atoms with Gasteiger partial charge in [0.15, 0.2) is 4.90 Å². The van der Waals surface area contributed by atoms with Crippen molar-refractivity contribution >= 4 is 25.6 Å². The number of aryl methyl sites for hydroxylation is 1. The normalized spacial score (nSPS) is 11.8. The predicted octanol–water partition coefficient (Wildman–Crippen LogP) is 2.16. The summed E-state index contributed by atoms with van der Waals surface area (Å²) < 4.78 is 46.9. The van der Waals surface area contributed by atoms with Crippen LogP contribution in [0.1, 0.15) is 17.7 Å². The second-order valence-electron chi connectivity index (χ2n) is 3.01. The summed E-state index contributed by atoms with van der Waals surface area (Å²) in [6.45, 7) is 1.16. The van der Waals surface area contributed by atoms with Crippen molar-refractivity contribution in [3.63, 3.8) is 0 Å². The van der Waals surface area contributed by atoms with Gasteiger partial charge in [0.1, 0.15) is 0 Å². The van der Waals surface area contributed by atoms with Crippen molar-refractivity contribution in [2.45, 2.75) is 18.2 Å². The molecule has 1 rings (SSSR count). The average molecular weight is 287 g/mol. The summed E-state index contributed by atoms with van der Waals surface area (Å²) in [5, 5.41) is 10.5. The molecule has 0 amide bonds. The van der Waals surface area contributed by atoms with Crippen LogP contribution in [0.25, 0.3) is 0 Å². The van der Waals surface area contributed by atoms with Crippen molar-refractivity contribution < 1.29 is 22.1 Å². The SMILES string of the molecule is Cc1cc(S(=O)(=O)Cl)c([N+](=O)[O-])nc1C(F)F. The second-order valence-corrected chi connectivity index (χ2v) is 5.54. The molecule has 6 nitrogen and oxygen atoms in total. The third-order valence-electron chi connectivity index (χ3n) is 1.84. The summed E-state index contributed by atoms with van der Waals surface area (Å²) in [6, 6.07) is 0.703. The fourth-order valence-corrected chi connectivity index (χ4v) is 2.12. The van der Waals surface area contributed by atoms with Crippen LogP contribution >= 0.6 is 10.7 Å². The Morgan fingerprint density at radius 2 is 2.06 bits per heavy atom. The van der Waals surface area contributed by atoms with Crippen molar-refractivity contribution in [1.29, 1.82) is 0 Å². The summed E-state index contributed by atoms with van der Waals surface area (Å²) in [4.78, 5) is 11.5. The number of nitrogens with zero attached hydrogens (tertiary/aromatic N) is 2. The maximum atomic E-state index is 12.4. The minimum Gasteiger partial charge on any atom is -0.358 e. The Bertz CT molecular complexity index is 575. The van der Waals surface area contributed by atoms with Crippen LogP contribution in [-0.4, -0.2) is 18.3 Å². The van der Waals surface area contributed by atoms with E-state index in [1.54, 1.807) is 0 Å². The molecular formula is C7H5ClF2N2O4S. The van der Waals surface area contributed by atoms with Crippen LogP contribution in [-0.2, 0) is 9.05 Å². The number of nitro groups is 1. The topological polar surface area (TPSA) is 90.2 Å². The molecule has 0 unspecified atom stereocenters. The molecule has 0 atom stereocenters. The maximum absolute atomic E-state index is 12.4. The first-order valence-electron chi connectivity index (χ1n) is 4.03. The molecule has 0 aliphatic carbocycles. The van der Waals surface area contributed by atoms with E-state index in [-0.39, 0.29) is 5.56 Å². The van der Waals surface area contributed by atoms with Crippen LogP contribution in [0.3, 0.4) is 0 Å². The van der Waals surface area contributed by atoms with E-state index in [1.165, 1.54) is 0 Å². The van der Waals surface area contributed by atoms with E-state index in [9.17, 15) is 27.3 Å². The number of halogens is 3. The van der Waals surface area contributed by atoms with Gasteiger partial charge in [-0.15, -0.1) is 0 Å². The first-order chi connectivity index (χ1) is 7.64. The lowest BCUT2D eigenvalue weighted by molar-refractivity contribution is -0.392. The van der Waals surface area contributed by atoms with Crippen LogP contribution in [0, 0.1) is 17.0 Å². The molecule has 17 heavy (non-hydrogen) atoms. The molecule has 94 valence electrons. The Balaban J connectivity index is 3.65. The zero-order chi connectivity index (χ0) is 13.4. The highest BCUT2D eigenvalue weighted by Crippen LogP contribution is 2.30. The van der Waals surface area contributed by atoms with Gasteiger partial charge >= 0.3 is 12.2 Å². The summed E-state index contributed by atoms with van der Waals surface area (Å²) in [5.74, 6) is -1.21. The second kappa shape index (κ2) is 4.49. The molecule has 0 spiro atoms. The number of aromatic nitrogens is 1. The van der Waals surface area contributed by atoms with Crippen LogP contribution in [0.2, 0.25) is 0 Å². The summed E-state index contributed by atoms with van der Waals surface area (Å²) in [7, 11) is 0.532. The van der Waals surface area contributed by atoms with Crippen LogP contribution in [0.15, 0.2) is 11.0 Å². The molecule has 0 radical (unpaired) electrons. The van der Waals surface area contributed by atoms with Crippen LogP contribution < -0.4 is 0 Å². The van der Waals surface area contributed by atoms with Crippen molar-refractivity contribution in [1.82, 2.24) is 4.98 Å². The minimum absolute atomic E-state index is 0.190. The highest BCUT2D eigenvalue weighted by atomic mass is 35.7. The standard InChI is InChI=1S/C7H5ClF2N2O4S/c1-3-2-4(17(8,15)16)7(12(13)14)11-5(3)6(9)10/h2,6H,1H3. The molecule has 1 heterocycles. The molecule has 0 aliphatic rings. The Morgan fingerprint density at radius 3 is 2.41 bits per heavy atom. The Kier molecular flexibility index (Phi) is 3.62. The van der Waals surface area contributed by atoms with Crippen molar-refractivity contribution in [2.75, 3.05) is 0 Å². The number of hydrogen-bond donors (Lipinski definition) is 0. The molecule has 0 N–H and O–H groups in total. The Labute approximate surface area is 98.8 Å². The van der Waals surface area contributed by atoms with E-state index < -0.39 is 36.8 Å². The molecule has 0 fully saturated rings. The van der Waals surface area contributed by atoms with Gasteiger partial charge in [-0.2, -0.15) is 0 Å². The van der Waals surface area contributed by atoms with E-state index >= 15 is 0 Å². The molecule has 0 saturated carbocycles. The van der Waals surface area contributed by atoms with Gasteiger partial charge in [0.2, 0.25) is 5.69 Å². The first-order valence-corrected chi connectivity index (χ1v) is 6.34. The van der Waals surface area contributed by atoms with E-state index in [2.05, 4.69) is 4.98 Å². The maximum Gasteiger partial charge on any atom is 0.384 e. The lowest BCUT2D eigenvalue weighted by Gasteiger charge is -2.03. The van der Waals surface area contributed by atoms with Gasteiger partial charge in [0.25, 0.3) is 9.05 Å². The van der Waals surface area contributed by atoms with Crippen LogP contribution in [0.4, 0.5) is 14.6 Å². The van der Waals surface area contributed by atoms with Crippen LogP contribution in [0.5, 0.6) is 0 Å². The number of hydrogen-bond acceptors (Lipinski definition) is 5. The lowest BCUT2D eigenvalue weighted by atomic mass is 10.2. The fraction of sp³-hybridized carbons (Fsp3) is 0.286. The van der Waals surface area contributed by atoms with Gasteiger partial charge in [-0.1, -0.05) is 0 Å². The number of pyridine rings is 1. The summed E-state index contributed by atoms with van der Waals surface area (Å²) in [6.07, 6.45) is -3.04. The highest BCUT2D eigenvalue weighted by molar-refractivity contribution is 8.13. The Morgan fingerprint density at radius 1 is 1.53 bits per heavy atom. The zero-order valence-electron chi connectivity index (χ0n) is 8.22. The van der Waals surface area contributed by atoms with Gasteiger partial charge in [-0.3, -0.25) is 0 Å². The molecule has 1 aromatic rings. The largest absolute Gasteiger partial charge is 0.384 e. The third kappa shape index (κ3) is 2.86. The molecule has 0 saturated heterocycles. The third-order valence-corrected chi connectivity index (χ3v) is 3.17. The minimum atomic E-state index is -4.42. The van der Waals surface area contributed by atoms with Gasteiger partial charge in [0.05, 0.1) is 0 Å². The first kappa shape index (κ1) is 13.7. The molecular weight excluding hydrogens is 282 g/mol.